The molecule has 0 aliphatic rings. The van der Waals surface area contributed by atoms with Crippen molar-refractivity contribution in [3.8, 4) is 0 Å². The molecule has 2 aromatic carbocycles. The third kappa shape index (κ3) is 3.92. The molecule has 0 amide bonds. The van der Waals surface area contributed by atoms with Crippen molar-refractivity contribution in [2.75, 3.05) is 5.32 Å². The summed E-state index contributed by atoms with van der Waals surface area (Å²) in [6.45, 7) is 1.61. The van der Waals surface area contributed by atoms with Crippen LogP contribution in [0.4, 0.5) is 14.5 Å². The number of hydrazone groups is 1. The summed E-state index contributed by atoms with van der Waals surface area (Å²) < 4.78 is 31.7. The fourth-order valence-electron chi connectivity index (χ4n) is 2.25. The Morgan fingerprint density at radius 1 is 1.15 bits per heavy atom. The van der Waals surface area contributed by atoms with Crippen molar-refractivity contribution in [2.24, 2.45) is 5.10 Å². The van der Waals surface area contributed by atoms with E-state index in [4.69, 9.17) is 16.6 Å². The molecule has 0 saturated carbocycles. The van der Waals surface area contributed by atoms with Gasteiger partial charge in [-0.25, -0.2) is 13.6 Å². The van der Waals surface area contributed by atoms with Gasteiger partial charge in [0.2, 0.25) is 0 Å². The lowest BCUT2D eigenvalue weighted by molar-refractivity contribution is 0.559. The summed E-state index contributed by atoms with van der Waals surface area (Å²) in [5.41, 5.74) is 3.07. The van der Waals surface area contributed by atoms with Crippen LogP contribution in [0.2, 0.25) is 0 Å². The molecule has 0 atom stereocenters. The quantitative estimate of drug-likeness (QED) is 0.317. The molecule has 3 rings (SSSR count). The van der Waals surface area contributed by atoms with E-state index in [-0.39, 0.29) is 16.4 Å². The van der Waals surface area contributed by atoms with E-state index in [0.29, 0.717) is 11.3 Å². The molecule has 2 N–H and O–H groups in total. The second-order valence-electron chi connectivity index (χ2n) is 5.37. The Morgan fingerprint density at radius 3 is 2.69 bits per heavy atom. The van der Waals surface area contributed by atoms with Crippen LogP contribution in [-0.2, 0) is 0 Å². The molecule has 0 radical (unpaired) electrons. The van der Waals surface area contributed by atoms with Gasteiger partial charge in [0.1, 0.15) is 17.2 Å². The fraction of sp³-hybridized carbons (Fsp3) is 0.0556. The van der Waals surface area contributed by atoms with Crippen molar-refractivity contribution in [2.45, 2.75) is 6.92 Å². The summed E-state index contributed by atoms with van der Waals surface area (Å²) in [6.07, 6.45) is 0. The molecular weight excluding hydrogens is 360 g/mol. The number of hydrogen-bond donors (Lipinski definition) is 2. The van der Waals surface area contributed by atoms with Crippen molar-refractivity contribution in [1.29, 1.82) is 0 Å². The lowest BCUT2D eigenvalue weighted by Crippen LogP contribution is -2.26. The minimum Gasteiger partial charge on any atom is -0.422 e. The topological polar surface area (TPSA) is 66.6 Å². The summed E-state index contributed by atoms with van der Waals surface area (Å²) in [7, 11) is 0. The zero-order valence-electron chi connectivity index (χ0n) is 13.5. The van der Waals surface area contributed by atoms with Gasteiger partial charge in [0.25, 0.3) is 0 Å². The van der Waals surface area contributed by atoms with E-state index >= 15 is 0 Å². The van der Waals surface area contributed by atoms with Gasteiger partial charge in [-0.3, -0.25) is 5.43 Å². The summed E-state index contributed by atoms with van der Waals surface area (Å²) in [5.74, 6) is -1.48. The van der Waals surface area contributed by atoms with Gasteiger partial charge in [0.15, 0.2) is 5.11 Å². The molecular formula is C18H13F2N3O2S. The van der Waals surface area contributed by atoms with Gasteiger partial charge in [-0.2, -0.15) is 5.10 Å². The molecule has 5 nitrogen and oxygen atoms in total. The zero-order chi connectivity index (χ0) is 18.7. The first kappa shape index (κ1) is 17.7. The number of thiocarbonyl (C=S) groups is 1. The second-order valence-corrected chi connectivity index (χ2v) is 5.78. The lowest BCUT2D eigenvalue weighted by Gasteiger charge is -2.09. The van der Waals surface area contributed by atoms with Gasteiger partial charge < -0.3 is 9.73 Å². The van der Waals surface area contributed by atoms with Crippen LogP contribution in [0.15, 0.2) is 62.8 Å². The van der Waals surface area contributed by atoms with E-state index in [1.165, 1.54) is 6.07 Å². The summed E-state index contributed by atoms with van der Waals surface area (Å²) in [5, 5.41) is 7.31. The van der Waals surface area contributed by atoms with Gasteiger partial charge in [0, 0.05) is 11.5 Å². The minimum atomic E-state index is -0.787. The molecule has 0 saturated heterocycles. The highest BCUT2D eigenvalue weighted by Gasteiger charge is 2.09. The summed E-state index contributed by atoms with van der Waals surface area (Å²) in [4.78, 5) is 12.1. The molecule has 3 aromatic rings. The first-order valence-corrected chi connectivity index (χ1v) is 7.94. The number of anilines is 1. The van der Waals surface area contributed by atoms with E-state index in [1.54, 1.807) is 25.1 Å². The molecule has 0 fully saturated rings. The number of nitrogens with zero attached hydrogens (tertiary/aromatic N) is 1. The number of halogens is 2. The van der Waals surface area contributed by atoms with Gasteiger partial charge in [-0.05, 0) is 43.4 Å². The molecule has 0 aliphatic carbocycles. The van der Waals surface area contributed by atoms with Crippen molar-refractivity contribution < 1.29 is 13.2 Å². The third-order valence-electron chi connectivity index (χ3n) is 3.54. The average Bonchev–Trinajstić information content (AvgIpc) is 2.61. The molecule has 0 unspecified atom stereocenters. The van der Waals surface area contributed by atoms with Crippen LogP contribution in [0.1, 0.15) is 12.5 Å². The van der Waals surface area contributed by atoms with Crippen molar-refractivity contribution in [3.05, 3.63) is 76.1 Å². The van der Waals surface area contributed by atoms with Crippen LogP contribution in [0.5, 0.6) is 0 Å². The standard InChI is InChI=1S/C18H13F2N3O2S/c1-10(13-8-11-4-2-3-5-16(11)25-17(13)24)22-23-18(26)21-15-7-6-12(19)9-14(15)20/h2-9H,1H3,(H2,21,23,26)/b22-10+. The SMILES string of the molecule is C/C(=N\NC(=S)Nc1ccc(F)cc1F)c1cc2ccccc2oc1=O. The smallest absolute Gasteiger partial charge is 0.345 e. The average molecular weight is 373 g/mol. The van der Waals surface area contributed by atoms with Crippen LogP contribution < -0.4 is 16.4 Å². The largest absolute Gasteiger partial charge is 0.422 e. The Hall–Kier alpha value is -3.13. The van der Waals surface area contributed by atoms with Gasteiger partial charge >= 0.3 is 5.63 Å². The van der Waals surface area contributed by atoms with E-state index in [2.05, 4.69) is 15.8 Å². The first-order valence-electron chi connectivity index (χ1n) is 7.53. The van der Waals surface area contributed by atoms with Crippen LogP contribution in [-0.4, -0.2) is 10.8 Å². The zero-order valence-corrected chi connectivity index (χ0v) is 14.4. The second kappa shape index (κ2) is 7.40. The van der Waals surface area contributed by atoms with Gasteiger partial charge in [-0.15, -0.1) is 0 Å². The summed E-state index contributed by atoms with van der Waals surface area (Å²) >= 11 is 5.02. The van der Waals surface area contributed by atoms with Crippen LogP contribution in [0.25, 0.3) is 11.0 Å². The molecule has 132 valence electrons. The molecule has 0 bridgehead atoms. The fourth-order valence-corrected chi connectivity index (χ4v) is 2.41. The van der Waals surface area contributed by atoms with Crippen molar-refractivity contribution >= 4 is 39.7 Å². The van der Waals surface area contributed by atoms with Crippen molar-refractivity contribution in [1.82, 2.24) is 5.43 Å². The predicted molar refractivity (Wildman–Crippen MR) is 100 cm³/mol. The van der Waals surface area contributed by atoms with E-state index < -0.39 is 17.3 Å². The van der Waals surface area contributed by atoms with Gasteiger partial charge in [-0.1, -0.05) is 18.2 Å². The normalized spacial score (nSPS) is 11.4. The molecule has 0 aliphatic heterocycles. The summed E-state index contributed by atoms with van der Waals surface area (Å²) in [6, 6.07) is 11.8. The number of hydrogen-bond acceptors (Lipinski definition) is 4. The highest BCUT2D eigenvalue weighted by atomic mass is 32.1. The number of rotatable bonds is 3. The number of benzene rings is 2. The Morgan fingerprint density at radius 2 is 1.92 bits per heavy atom. The Balaban J connectivity index is 1.76. The molecule has 8 heteroatoms. The van der Waals surface area contributed by atoms with E-state index in [1.807, 2.05) is 12.1 Å². The maximum absolute atomic E-state index is 13.6. The highest BCUT2D eigenvalue weighted by molar-refractivity contribution is 7.80. The van der Waals surface area contributed by atoms with Gasteiger partial charge in [0.05, 0.1) is 17.0 Å². The Kier molecular flexibility index (Phi) is 5.04. The maximum Gasteiger partial charge on any atom is 0.345 e. The molecule has 1 heterocycles. The Bertz CT molecular complexity index is 1080. The first-order chi connectivity index (χ1) is 12.4. The number of nitrogens with one attached hydrogen (secondary N) is 2. The monoisotopic (exact) mass is 373 g/mol. The van der Waals surface area contributed by atoms with Crippen LogP contribution in [0.3, 0.4) is 0 Å². The molecule has 0 spiro atoms. The number of para-hydroxylation sites is 1. The lowest BCUT2D eigenvalue weighted by atomic mass is 10.1. The van der Waals surface area contributed by atoms with Crippen molar-refractivity contribution in [3.63, 3.8) is 0 Å². The minimum absolute atomic E-state index is 0.00183. The number of fused-ring (bicyclic) bond motifs is 1. The van der Waals surface area contributed by atoms with Crippen LogP contribution >= 0.6 is 12.2 Å². The Labute approximate surface area is 152 Å². The third-order valence-corrected chi connectivity index (χ3v) is 3.73. The molecule has 1 aromatic heterocycles. The molecule has 26 heavy (non-hydrogen) atoms. The van der Waals surface area contributed by atoms with E-state index in [0.717, 1.165) is 17.5 Å². The predicted octanol–water partition coefficient (Wildman–Crippen LogP) is 3.78. The highest BCUT2D eigenvalue weighted by Crippen LogP contribution is 2.15. The van der Waals surface area contributed by atoms with Crippen LogP contribution in [0, 0.1) is 11.6 Å². The maximum atomic E-state index is 13.6. The van der Waals surface area contributed by atoms with E-state index in [9.17, 15) is 13.6 Å².